The summed E-state index contributed by atoms with van der Waals surface area (Å²) in [7, 11) is 3.25. The summed E-state index contributed by atoms with van der Waals surface area (Å²) in [4.78, 5) is 36.8. The van der Waals surface area contributed by atoms with E-state index in [0.29, 0.717) is 12.0 Å². The number of rotatable bonds is 6. The molecule has 0 aliphatic heterocycles. The number of amides is 2. The highest BCUT2D eigenvalue weighted by Crippen LogP contribution is 2.11. The summed E-state index contributed by atoms with van der Waals surface area (Å²) in [5.74, 6) is -1.97. The van der Waals surface area contributed by atoms with Crippen LogP contribution in [0.15, 0.2) is 24.3 Å². The van der Waals surface area contributed by atoms with E-state index >= 15 is 0 Å². The number of nitrogens with one attached hydrogen (secondary N) is 1. The van der Waals surface area contributed by atoms with Crippen LogP contribution in [0.1, 0.15) is 41.0 Å². The minimum Gasteiger partial charge on any atom is -0.480 e. The summed E-state index contributed by atoms with van der Waals surface area (Å²) >= 11 is 0. The predicted molar refractivity (Wildman–Crippen MR) is 82.8 cm³/mol. The number of hydrogen-bond donors (Lipinski definition) is 2. The number of carbonyl (C=O) groups excluding carboxylic acids is 2. The van der Waals surface area contributed by atoms with E-state index in [0.717, 1.165) is 0 Å². The number of nitrogens with zero attached hydrogens (tertiary/aromatic N) is 1. The van der Waals surface area contributed by atoms with E-state index in [1.54, 1.807) is 39.2 Å². The van der Waals surface area contributed by atoms with Crippen molar-refractivity contribution in [2.45, 2.75) is 26.3 Å². The van der Waals surface area contributed by atoms with E-state index in [1.807, 2.05) is 6.92 Å². The molecule has 0 spiro atoms. The van der Waals surface area contributed by atoms with E-state index in [4.69, 9.17) is 0 Å². The standard InChI is InChI=1S/C16H22N2O4/c1-5-10(2)13(16(21)22)17-14(19)11-7-6-8-12(9-11)15(20)18(3)4/h6-10,13H,5H2,1-4H3,(H,17,19)(H,21,22)/t10-,13-/m0/s1. The Balaban J connectivity index is 2.96. The third-order valence-electron chi connectivity index (χ3n) is 3.54. The van der Waals surface area contributed by atoms with Crippen LogP contribution in [0.4, 0.5) is 0 Å². The lowest BCUT2D eigenvalue weighted by molar-refractivity contribution is -0.140. The highest BCUT2D eigenvalue weighted by Gasteiger charge is 2.26. The molecule has 0 aliphatic carbocycles. The van der Waals surface area contributed by atoms with Crippen LogP contribution in [0.2, 0.25) is 0 Å². The Morgan fingerprint density at radius 1 is 1.23 bits per heavy atom. The molecular formula is C16H22N2O4. The first-order valence-corrected chi connectivity index (χ1v) is 7.13. The summed E-state index contributed by atoms with van der Waals surface area (Å²) in [5, 5.41) is 11.7. The molecule has 1 rings (SSSR count). The van der Waals surface area contributed by atoms with Gasteiger partial charge in [0.25, 0.3) is 11.8 Å². The van der Waals surface area contributed by atoms with Gasteiger partial charge in [0, 0.05) is 25.2 Å². The van der Waals surface area contributed by atoms with Crippen molar-refractivity contribution in [3.63, 3.8) is 0 Å². The third kappa shape index (κ3) is 4.31. The van der Waals surface area contributed by atoms with Gasteiger partial charge in [-0.15, -0.1) is 0 Å². The quantitative estimate of drug-likeness (QED) is 0.836. The highest BCUT2D eigenvalue weighted by molar-refractivity contribution is 6.00. The van der Waals surface area contributed by atoms with E-state index < -0.39 is 17.9 Å². The van der Waals surface area contributed by atoms with E-state index in [9.17, 15) is 19.5 Å². The van der Waals surface area contributed by atoms with Gasteiger partial charge in [0.15, 0.2) is 0 Å². The number of carbonyl (C=O) groups is 3. The minimum absolute atomic E-state index is 0.187. The zero-order valence-electron chi connectivity index (χ0n) is 13.3. The van der Waals surface area contributed by atoms with Crippen molar-refractivity contribution in [3.05, 3.63) is 35.4 Å². The van der Waals surface area contributed by atoms with Gasteiger partial charge in [0.05, 0.1) is 0 Å². The summed E-state index contributed by atoms with van der Waals surface area (Å²) in [5.41, 5.74) is 0.648. The molecule has 0 saturated heterocycles. The number of hydrogen-bond acceptors (Lipinski definition) is 3. The van der Waals surface area contributed by atoms with E-state index in [2.05, 4.69) is 5.32 Å². The monoisotopic (exact) mass is 306 g/mol. The van der Waals surface area contributed by atoms with Crippen LogP contribution in [0, 0.1) is 5.92 Å². The van der Waals surface area contributed by atoms with Crippen molar-refractivity contribution in [2.75, 3.05) is 14.1 Å². The normalized spacial score (nSPS) is 13.1. The molecule has 1 aromatic carbocycles. The Morgan fingerprint density at radius 3 is 2.32 bits per heavy atom. The van der Waals surface area contributed by atoms with Crippen LogP contribution in [0.5, 0.6) is 0 Å². The zero-order valence-corrected chi connectivity index (χ0v) is 13.3. The lowest BCUT2D eigenvalue weighted by atomic mass is 9.98. The molecule has 2 N–H and O–H groups in total. The summed E-state index contributed by atoms with van der Waals surface area (Å²) in [6, 6.07) is 5.28. The van der Waals surface area contributed by atoms with Crippen LogP contribution >= 0.6 is 0 Å². The second kappa shape index (κ2) is 7.59. The first kappa shape index (κ1) is 17.7. The van der Waals surface area contributed by atoms with Crippen LogP contribution < -0.4 is 5.32 Å². The maximum Gasteiger partial charge on any atom is 0.326 e. The molecule has 6 nitrogen and oxygen atoms in total. The number of benzene rings is 1. The maximum atomic E-state index is 12.2. The molecule has 0 aromatic heterocycles. The fourth-order valence-electron chi connectivity index (χ4n) is 1.96. The van der Waals surface area contributed by atoms with E-state index in [1.165, 1.54) is 11.0 Å². The summed E-state index contributed by atoms with van der Waals surface area (Å²) in [6.45, 7) is 3.63. The topological polar surface area (TPSA) is 86.7 Å². The van der Waals surface area contributed by atoms with Gasteiger partial charge in [-0.3, -0.25) is 9.59 Å². The smallest absolute Gasteiger partial charge is 0.326 e. The van der Waals surface area contributed by atoms with Crippen molar-refractivity contribution in [2.24, 2.45) is 5.92 Å². The first-order chi connectivity index (χ1) is 10.3. The van der Waals surface area contributed by atoms with Crippen LogP contribution in [-0.4, -0.2) is 47.9 Å². The summed E-state index contributed by atoms with van der Waals surface area (Å²) < 4.78 is 0. The third-order valence-corrected chi connectivity index (χ3v) is 3.54. The Labute approximate surface area is 130 Å². The molecule has 2 amide bonds. The fraction of sp³-hybridized carbons (Fsp3) is 0.438. The molecule has 0 unspecified atom stereocenters. The predicted octanol–water partition coefficient (Wildman–Crippen LogP) is 1.62. The van der Waals surface area contributed by atoms with Crippen LogP contribution in [-0.2, 0) is 4.79 Å². The second-order valence-corrected chi connectivity index (χ2v) is 5.46. The van der Waals surface area contributed by atoms with Crippen LogP contribution in [0.25, 0.3) is 0 Å². The molecule has 0 bridgehead atoms. The maximum absolute atomic E-state index is 12.2. The van der Waals surface area contributed by atoms with E-state index in [-0.39, 0.29) is 17.4 Å². The SMILES string of the molecule is CC[C@H](C)[C@H](NC(=O)c1cccc(C(=O)N(C)C)c1)C(=O)O. The molecule has 2 atom stereocenters. The van der Waals surface area contributed by atoms with Crippen molar-refractivity contribution in [3.8, 4) is 0 Å². The molecule has 6 heteroatoms. The molecule has 0 saturated carbocycles. The molecule has 22 heavy (non-hydrogen) atoms. The average molecular weight is 306 g/mol. The summed E-state index contributed by atoms with van der Waals surface area (Å²) in [6.07, 6.45) is 0.635. The van der Waals surface area contributed by atoms with Gasteiger partial charge in [0.1, 0.15) is 6.04 Å². The zero-order chi connectivity index (χ0) is 16.9. The highest BCUT2D eigenvalue weighted by atomic mass is 16.4. The van der Waals surface area contributed by atoms with Gasteiger partial charge < -0.3 is 15.3 Å². The fourth-order valence-corrected chi connectivity index (χ4v) is 1.96. The second-order valence-electron chi connectivity index (χ2n) is 5.46. The van der Waals surface area contributed by atoms with Gasteiger partial charge in [0.2, 0.25) is 0 Å². The molecule has 1 aromatic rings. The Bertz CT molecular complexity index is 569. The Kier molecular flexibility index (Phi) is 6.10. The number of aliphatic carboxylic acids is 1. The Hall–Kier alpha value is -2.37. The van der Waals surface area contributed by atoms with Crippen molar-refractivity contribution >= 4 is 17.8 Å². The van der Waals surface area contributed by atoms with Gasteiger partial charge in [-0.05, 0) is 24.1 Å². The van der Waals surface area contributed by atoms with Crippen molar-refractivity contribution in [1.82, 2.24) is 10.2 Å². The van der Waals surface area contributed by atoms with Gasteiger partial charge in [-0.25, -0.2) is 4.79 Å². The van der Waals surface area contributed by atoms with Gasteiger partial charge in [-0.2, -0.15) is 0 Å². The van der Waals surface area contributed by atoms with Crippen molar-refractivity contribution < 1.29 is 19.5 Å². The first-order valence-electron chi connectivity index (χ1n) is 7.13. The molecule has 0 heterocycles. The molecule has 0 fully saturated rings. The minimum atomic E-state index is -1.07. The molecular weight excluding hydrogens is 284 g/mol. The Morgan fingerprint density at radius 2 is 1.82 bits per heavy atom. The number of carboxylic acid groups (broad SMARTS) is 1. The van der Waals surface area contributed by atoms with Gasteiger partial charge >= 0.3 is 5.97 Å². The lowest BCUT2D eigenvalue weighted by Gasteiger charge is -2.20. The largest absolute Gasteiger partial charge is 0.480 e. The number of carboxylic acids is 1. The lowest BCUT2D eigenvalue weighted by Crippen LogP contribution is -2.45. The average Bonchev–Trinajstić information content (AvgIpc) is 2.50. The molecule has 120 valence electrons. The van der Waals surface area contributed by atoms with Gasteiger partial charge in [-0.1, -0.05) is 26.3 Å². The van der Waals surface area contributed by atoms with Crippen LogP contribution in [0.3, 0.4) is 0 Å². The molecule has 0 radical (unpaired) electrons. The van der Waals surface area contributed by atoms with Crippen molar-refractivity contribution in [1.29, 1.82) is 0 Å². The molecule has 0 aliphatic rings.